The maximum atomic E-state index is 12.7. The van der Waals surface area contributed by atoms with Gasteiger partial charge in [-0.15, -0.1) is 11.3 Å². The van der Waals surface area contributed by atoms with Gasteiger partial charge in [-0.1, -0.05) is 30.3 Å². The van der Waals surface area contributed by atoms with Gasteiger partial charge in [0.05, 0.1) is 23.9 Å². The average molecular weight is 371 g/mol. The Balaban J connectivity index is 1.78. The molecule has 0 atom stereocenters. The van der Waals surface area contributed by atoms with Crippen LogP contribution in [0.15, 0.2) is 46.8 Å². The predicted molar refractivity (Wildman–Crippen MR) is 98.1 cm³/mol. The zero-order valence-corrected chi connectivity index (χ0v) is 14.9. The third-order valence-corrected chi connectivity index (χ3v) is 4.59. The van der Waals surface area contributed by atoms with Gasteiger partial charge < -0.3 is 10.1 Å². The van der Waals surface area contributed by atoms with Crippen molar-refractivity contribution in [3.8, 4) is 0 Å². The van der Waals surface area contributed by atoms with E-state index < -0.39 is 11.5 Å². The molecule has 8 heteroatoms. The number of carbonyl (C=O) groups excluding carboxylic acids is 2. The molecule has 0 unspecified atom stereocenters. The second kappa shape index (κ2) is 7.92. The average Bonchev–Trinajstić information content (AvgIpc) is 3.08. The maximum absolute atomic E-state index is 12.7. The summed E-state index contributed by atoms with van der Waals surface area (Å²) >= 11 is 1.19. The van der Waals surface area contributed by atoms with Crippen LogP contribution in [-0.4, -0.2) is 28.0 Å². The van der Waals surface area contributed by atoms with Gasteiger partial charge in [-0.3, -0.25) is 14.2 Å². The van der Waals surface area contributed by atoms with Crippen molar-refractivity contribution in [1.82, 2.24) is 14.9 Å². The first-order valence-electron chi connectivity index (χ1n) is 8.04. The molecule has 134 valence electrons. The molecule has 1 aromatic carbocycles. The van der Waals surface area contributed by atoms with E-state index in [0.717, 1.165) is 5.56 Å². The van der Waals surface area contributed by atoms with Crippen molar-refractivity contribution in [2.24, 2.45) is 0 Å². The molecule has 26 heavy (non-hydrogen) atoms. The first-order valence-corrected chi connectivity index (χ1v) is 8.92. The minimum atomic E-state index is -0.566. The number of nitrogens with zero attached hydrogens (tertiary/aromatic N) is 2. The number of rotatable bonds is 6. The molecule has 0 saturated heterocycles. The largest absolute Gasteiger partial charge is 0.462 e. The van der Waals surface area contributed by atoms with Crippen molar-refractivity contribution < 1.29 is 14.3 Å². The Labute approximate surface area is 153 Å². The third kappa shape index (κ3) is 3.80. The first-order chi connectivity index (χ1) is 12.6. The van der Waals surface area contributed by atoms with E-state index in [0.29, 0.717) is 11.4 Å². The predicted octanol–water partition coefficient (Wildman–Crippen LogP) is 1.95. The van der Waals surface area contributed by atoms with Crippen molar-refractivity contribution in [2.75, 3.05) is 6.61 Å². The van der Waals surface area contributed by atoms with Crippen LogP contribution in [0.5, 0.6) is 0 Å². The van der Waals surface area contributed by atoms with Crippen molar-refractivity contribution in [1.29, 1.82) is 0 Å². The fourth-order valence-corrected chi connectivity index (χ4v) is 3.31. The SMILES string of the molecule is CCOC(=O)c1csc2ncn(CC(=O)NCc3ccccc3)c(=O)c12. The van der Waals surface area contributed by atoms with Gasteiger partial charge in [0, 0.05) is 11.9 Å². The van der Waals surface area contributed by atoms with E-state index in [2.05, 4.69) is 10.3 Å². The summed E-state index contributed by atoms with van der Waals surface area (Å²) in [6.45, 7) is 2.11. The van der Waals surface area contributed by atoms with Gasteiger partial charge in [-0.25, -0.2) is 9.78 Å². The van der Waals surface area contributed by atoms with Crippen molar-refractivity contribution >= 4 is 33.4 Å². The van der Waals surface area contributed by atoms with Crippen LogP contribution >= 0.6 is 11.3 Å². The minimum Gasteiger partial charge on any atom is -0.462 e. The Bertz CT molecular complexity index is 995. The number of amides is 1. The normalized spacial score (nSPS) is 10.7. The molecule has 0 saturated carbocycles. The smallest absolute Gasteiger partial charge is 0.339 e. The molecule has 7 nitrogen and oxygen atoms in total. The highest BCUT2D eigenvalue weighted by molar-refractivity contribution is 7.17. The second-order valence-corrected chi connectivity index (χ2v) is 6.35. The highest BCUT2D eigenvalue weighted by atomic mass is 32.1. The molecule has 0 bridgehead atoms. The molecule has 0 aliphatic heterocycles. The van der Waals surface area contributed by atoms with Crippen molar-refractivity contribution in [3.63, 3.8) is 0 Å². The molecule has 1 amide bonds. The molecular formula is C18H17N3O4S. The number of hydrogen-bond donors (Lipinski definition) is 1. The topological polar surface area (TPSA) is 90.3 Å². The first kappa shape index (κ1) is 17.8. The van der Waals surface area contributed by atoms with Crippen LogP contribution < -0.4 is 10.9 Å². The number of carbonyl (C=O) groups is 2. The summed E-state index contributed by atoms with van der Waals surface area (Å²) in [5.74, 6) is -0.881. The Kier molecular flexibility index (Phi) is 5.43. The lowest BCUT2D eigenvalue weighted by atomic mass is 10.2. The summed E-state index contributed by atoms with van der Waals surface area (Å²) in [7, 11) is 0. The highest BCUT2D eigenvalue weighted by Crippen LogP contribution is 2.21. The van der Waals surface area contributed by atoms with Crippen LogP contribution in [0.25, 0.3) is 10.2 Å². The molecule has 0 aliphatic rings. The molecule has 2 aromatic heterocycles. The Hall–Kier alpha value is -3.00. The standard InChI is InChI=1S/C18H17N3O4S/c1-2-25-18(24)13-10-26-16-15(13)17(23)21(11-20-16)9-14(22)19-8-12-6-4-3-5-7-12/h3-7,10-11H,2,8-9H2,1H3,(H,19,22). The van der Waals surface area contributed by atoms with Crippen LogP contribution in [0.4, 0.5) is 0 Å². The lowest BCUT2D eigenvalue weighted by Crippen LogP contribution is -2.32. The molecule has 3 rings (SSSR count). The van der Waals surface area contributed by atoms with E-state index in [9.17, 15) is 14.4 Å². The number of esters is 1. The number of benzene rings is 1. The monoisotopic (exact) mass is 371 g/mol. The number of hydrogen-bond acceptors (Lipinski definition) is 6. The second-order valence-electron chi connectivity index (χ2n) is 5.49. The number of aromatic nitrogens is 2. The summed E-state index contributed by atoms with van der Waals surface area (Å²) < 4.78 is 6.16. The van der Waals surface area contributed by atoms with Crippen LogP contribution in [-0.2, 0) is 22.6 Å². The molecule has 0 fully saturated rings. The van der Waals surface area contributed by atoms with Crippen LogP contribution in [0.1, 0.15) is 22.8 Å². The maximum Gasteiger partial charge on any atom is 0.339 e. The van der Waals surface area contributed by atoms with Crippen LogP contribution in [0, 0.1) is 0 Å². The molecule has 1 N–H and O–H groups in total. The Morgan fingerprint density at radius 1 is 1.27 bits per heavy atom. The fraction of sp³-hybridized carbons (Fsp3) is 0.222. The number of nitrogens with one attached hydrogen (secondary N) is 1. The number of fused-ring (bicyclic) bond motifs is 1. The van der Waals surface area contributed by atoms with Gasteiger partial charge >= 0.3 is 5.97 Å². The highest BCUT2D eigenvalue weighted by Gasteiger charge is 2.19. The van der Waals surface area contributed by atoms with E-state index in [1.165, 1.54) is 22.2 Å². The van der Waals surface area contributed by atoms with Crippen molar-refractivity contribution in [3.05, 3.63) is 63.5 Å². The lowest BCUT2D eigenvalue weighted by Gasteiger charge is -2.08. The molecule has 0 aliphatic carbocycles. The molecule has 3 aromatic rings. The minimum absolute atomic E-state index is 0.174. The van der Waals surface area contributed by atoms with Gasteiger partial charge in [-0.2, -0.15) is 0 Å². The van der Waals surface area contributed by atoms with Gasteiger partial charge in [0.15, 0.2) is 0 Å². The van der Waals surface area contributed by atoms with E-state index in [1.54, 1.807) is 12.3 Å². The lowest BCUT2D eigenvalue weighted by molar-refractivity contribution is -0.121. The molecule has 2 heterocycles. The zero-order chi connectivity index (χ0) is 18.5. The number of ether oxygens (including phenoxy) is 1. The Morgan fingerprint density at radius 3 is 2.77 bits per heavy atom. The summed E-state index contributed by atoms with van der Waals surface area (Å²) in [6.07, 6.45) is 1.32. The van der Waals surface area contributed by atoms with E-state index in [-0.39, 0.29) is 30.0 Å². The van der Waals surface area contributed by atoms with E-state index in [4.69, 9.17) is 4.74 Å². The van der Waals surface area contributed by atoms with Crippen LogP contribution in [0.3, 0.4) is 0 Å². The van der Waals surface area contributed by atoms with Crippen LogP contribution in [0.2, 0.25) is 0 Å². The van der Waals surface area contributed by atoms with Gasteiger partial charge in [0.2, 0.25) is 5.91 Å². The van der Waals surface area contributed by atoms with Crippen molar-refractivity contribution in [2.45, 2.75) is 20.0 Å². The third-order valence-electron chi connectivity index (χ3n) is 3.70. The summed E-state index contributed by atoms with van der Waals surface area (Å²) in [6, 6.07) is 9.47. The summed E-state index contributed by atoms with van der Waals surface area (Å²) in [5.41, 5.74) is 0.710. The van der Waals surface area contributed by atoms with E-state index in [1.807, 2.05) is 30.3 Å². The molecule has 0 spiro atoms. The molecular weight excluding hydrogens is 354 g/mol. The van der Waals surface area contributed by atoms with E-state index >= 15 is 0 Å². The Morgan fingerprint density at radius 2 is 2.04 bits per heavy atom. The quantitative estimate of drug-likeness (QED) is 0.669. The summed E-state index contributed by atoms with van der Waals surface area (Å²) in [5, 5.41) is 4.50. The summed E-state index contributed by atoms with van der Waals surface area (Å²) in [4.78, 5) is 41.4. The zero-order valence-electron chi connectivity index (χ0n) is 14.1. The van der Waals surface area contributed by atoms with Gasteiger partial charge in [0.1, 0.15) is 11.4 Å². The number of thiophene rings is 1. The van der Waals surface area contributed by atoms with Gasteiger partial charge in [-0.05, 0) is 12.5 Å². The molecule has 0 radical (unpaired) electrons. The van der Waals surface area contributed by atoms with Gasteiger partial charge in [0.25, 0.3) is 5.56 Å². The fourth-order valence-electron chi connectivity index (χ4n) is 2.45.